The lowest BCUT2D eigenvalue weighted by atomic mass is 10.2. The summed E-state index contributed by atoms with van der Waals surface area (Å²) in [7, 11) is 1.38. The standard InChI is InChI=1S/C7H16N2O2.2ClH/c1-3-9-6(4-5-8)7(10)11-2;;/h6,9H,3-5,8H2,1-2H3;2*1H. The number of rotatable bonds is 5. The van der Waals surface area contributed by atoms with E-state index < -0.39 is 0 Å². The lowest BCUT2D eigenvalue weighted by Crippen LogP contribution is -2.39. The van der Waals surface area contributed by atoms with Crippen molar-refractivity contribution < 1.29 is 9.53 Å². The fraction of sp³-hybridized carbons (Fsp3) is 0.857. The van der Waals surface area contributed by atoms with Crippen molar-refractivity contribution in [2.75, 3.05) is 20.2 Å². The molecule has 0 aliphatic heterocycles. The molecular formula is C7H18Cl2N2O2. The fourth-order valence-electron chi connectivity index (χ4n) is 0.859. The molecule has 0 spiro atoms. The van der Waals surface area contributed by atoms with Crippen molar-refractivity contribution in [2.24, 2.45) is 5.73 Å². The molecule has 0 rings (SSSR count). The van der Waals surface area contributed by atoms with Crippen LogP contribution in [-0.4, -0.2) is 32.2 Å². The average molecular weight is 233 g/mol. The van der Waals surface area contributed by atoms with Crippen LogP contribution in [0.4, 0.5) is 0 Å². The highest BCUT2D eigenvalue weighted by Crippen LogP contribution is 1.92. The van der Waals surface area contributed by atoms with Crippen LogP contribution in [0.3, 0.4) is 0 Å². The van der Waals surface area contributed by atoms with E-state index in [1.807, 2.05) is 6.92 Å². The second-order valence-corrected chi connectivity index (χ2v) is 2.21. The van der Waals surface area contributed by atoms with E-state index >= 15 is 0 Å². The first-order valence-corrected chi connectivity index (χ1v) is 3.77. The van der Waals surface area contributed by atoms with Crippen LogP contribution in [0.1, 0.15) is 13.3 Å². The molecular weight excluding hydrogens is 215 g/mol. The maximum atomic E-state index is 11.0. The van der Waals surface area contributed by atoms with Gasteiger partial charge < -0.3 is 15.8 Å². The van der Waals surface area contributed by atoms with Crippen molar-refractivity contribution in [1.29, 1.82) is 0 Å². The van der Waals surface area contributed by atoms with Gasteiger partial charge in [0, 0.05) is 0 Å². The van der Waals surface area contributed by atoms with Crippen LogP contribution in [0.2, 0.25) is 0 Å². The highest BCUT2D eigenvalue weighted by molar-refractivity contribution is 5.85. The zero-order valence-electron chi connectivity index (χ0n) is 7.91. The predicted molar refractivity (Wildman–Crippen MR) is 57.6 cm³/mol. The zero-order chi connectivity index (χ0) is 8.69. The number of halogens is 2. The first-order chi connectivity index (χ1) is 5.26. The average Bonchev–Trinajstić information content (AvgIpc) is 2.03. The van der Waals surface area contributed by atoms with Gasteiger partial charge in [-0.2, -0.15) is 0 Å². The molecule has 0 aromatic heterocycles. The summed E-state index contributed by atoms with van der Waals surface area (Å²) in [4.78, 5) is 11.0. The minimum Gasteiger partial charge on any atom is -0.468 e. The maximum Gasteiger partial charge on any atom is 0.322 e. The van der Waals surface area contributed by atoms with Crippen LogP contribution in [0.5, 0.6) is 0 Å². The highest BCUT2D eigenvalue weighted by atomic mass is 35.5. The minimum absolute atomic E-state index is 0. The molecule has 4 nitrogen and oxygen atoms in total. The van der Waals surface area contributed by atoms with Crippen LogP contribution >= 0.6 is 24.8 Å². The predicted octanol–water partition coefficient (Wildman–Crippen LogP) is 0.330. The summed E-state index contributed by atoms with van der Waals surface area (Å²) < 4.78 is 4.56. The van der Waals surface area contributed by atoms with Gasteiger partial charge in [-0.25, -0.2) is 0 Å². The van der Waals surface area contributed by atoms with Crippen molar-refractivity contribution in [3.05, 3.63) is 0 Å². The van der Waals surface area contributed by atoms with Gasteiger partial charge in [0.2, 0.25) is 0 Å². The number of esters is 1. The SMILES string of the molecule is CCNC(CCN)C(=O)OC.Cl.Cl. The van der Waals surface area contributed by atoms with Gasteiger partial charge in [0.25, 0.3) is 0 Å². The Bertz CT molecular complexity index is 119. The molecule has 0 bridgehead atoms. The molecule has 1 unspecified atom stereocenters. The second kappa shape index (κ2) is 12.0. The summed E-state index contributed by atoms with van der Waals surface area (Å²) in [6, 6.07) is -0.241. The van der Waals surface area contributed by atoms with E-state index in [4.69, 9.17) is 5.73 Å². The van der Waals surface area contributed by atoms with Gasteiger partial charge in [-0.05, 0) is 19.5 Å². The number of hydrogen-bond donors (Lipinski definition) is 2. The molecule has 0 saturated heterocycles. The third-order valence-electron chi connectivity index (χ3n) is 1.39. The Morgan fingerprint density at radius 1 is 1.54 bits per heavy atom. The van der Waals surface area contributed by atoms with Crippen molar-refractivity contribution in [3.63, 3.8) is 0 Å². The third kappa shape index (κ3) is 8.30. The molecule has 0 fully saturated rings. The number of ether oxygens (including phenoxy) is 1. The molecule has 0 aromatic rings. The summed E-state index contributed by atoms with van der Waals surface area (Å²) in [5.74, 6) is -0.239. The lowest BCUT2D eigenvalue weighted by Gasteiger charge is -2.13. The number of carbonyl (C=O) groups is 1. The molecule has 0 radical (unpaired) electrons. The molecule has 0 aromatic carbocycles. The van der Waals surface area contributed by atoms with Gasteiger partial charge in [0.05, 0.1) is 7.11 Å². The van der Waals surface area contributed by atoms with Gasteiger partial charge in [-0.15, -0.1) is 24.8 Å². The molecule has 0 amide bonds. The smallest absolute Gasteiger partial charge is 0.322 e. The Kier molecular flexibility index (Phi) is 17.2. The Balaban J connectivity index is -0.000000500. The normalized spacial score (nSPS) is 10.7. The van der Waals surface area contributed by atoms with E-state index in [1.165, 1.54) is 7.11 Å². The van der Waals surface area contributed by atoms with E-state index in [0.717, 1.165) is 6.54 Å². The summed E-state index contributed by atoms with van der Waals surface area (Å²) >= 11 is 0. The topological polar surface area (TPSA) is 64.3 Å². The highest BCUT2D eigenvalue weighted by Gasteiger charge is 2.15. The van der Waals surface area contributed by atoms with Gasteiger partial charge >= 0.3 is 5.97 Å². The molecule has 3 N–H and O–H groups in total. The van der Waals surface area contributed by atoms with Gasteiger partial charge in [0.1, 0.15) is 6.04 Å². The van der Waals surface area contributed by atoms with E-state index in [0.29, 0.717) is 13.0 Å². The first kappa shape index (κ1) is 18.7. The number of nitrogens with one attached hydrogen (secondary N) is 1. The summed E-state index contributed by atoms with van der Waals surface area (Å²) in [6.45, 7) is 3.18. The number of nitrogens with two attached hydrogens (primary N) is 1. The van der Waals surface area contributed by atoms with Gasteiger partial charge in [0.15, 0.2) is 0 Å². The molecule has 0 aliphatic rings. The van der Waals surface area contributed by atoms with E-state index in [-0.39, 0.29) is 36.8 Å². The van der Waals surface area contributed by atoms with Crippen molar-refractivity contribution in [1.82, 2.24) is 5.32 Å². The molecule has 13 heavy (non-hydrogen) atoms. The third-order valence-corrected chi connectivity index (χ3v) is 1.39. The molecule has 0 aliphatic carbocycles. The van der Waals surface area contributed by atoms with E-state index in [2.05, 4.69) is 10.1 Å². The Morgan fingerprint density at radius 2 is 2.08 bits per heavy atom. The Hall–Kier alpha value is -0.0300. The van der Waals surface area contributed by atoms with Crippen LogP contribution in [-0.2, 0) is 9.53 Å². The monoisotopic (exact) mass is 232 g/mol. The molecule has 82 valence electrons. The van der Waals surface area contributed by atoms with Crippen molar-refractivity contribution >= 4 is 30.8 Å². The van der Waals surface area contributed by atoms with Crippen LogP contribution in [0, 0.1) is 0 Å². The van der Waals surface area contributed by atoms with Crippen LogP contribution in [0.15, 0.2) is 0 Å². The number of hydrogen-bond acceptors (Lipinski definition) is 4. The second-order valence-electron chi connectivity index (χ2n) is 2.21. The van der Waals surface area contributed by atoms with E-state index in [9.17, 15) is 4.79 Å². The molecule has 1 atom stereocenters. The summed E-state index contributed by atoms with van der Waals surface area (Å²) in [5, 5.41) is 2.98. The number of likely N-dealkylation sites (N-methyl/N-ethyl adjacent to an activating group) is 1. The minimum atomic E-state index is -0.241. The van der Waals surface area contributed by atoms with E-state index in [1.54, 1.807) is 0 Å². The Labute approximate surface area is 91.4 Å². The summed E-state index contributed by atoms with van der Waals surface area (Å²) in [5.41, 5.74) is 5.30. The number of carbonyl (C=O) groups excluding carboxylic acids is 1. The first-order valence-electron chi connectivity index (χ1n) is 3.77. The largest absolute Gasteiger partial charge is 0.468 e. The molecule has 0 heterocycles. The van der Waals surface area contributed by atoms with Crippen molar-refractivity contribution in [3.8, 4) is 0 Å². The molecule has 6 heteroatoms. The maximum absolute atomic E-state index is 11.0. The lowest BCUT2D eigenvalue weighted by molar-refractivity contribution is -0.143. The number of methoxy groups -OCH3 is 1. The van der Waals surface area contributed by atoms with Gasteiger partial charge in [-0.3, -0.25) is 4.79 Å². The quantitative estimate of drug-likeness (QED) is 0.671. The fourth-order valence-corrected chi connectivity index (χ4v) is 0.859. The Morgan fingerprint density at radius 3 is 2.38 bits per heavy atom. The zero-order valence-corrected chi connectivity index (χ0v) is 9.54. The van der Waals surface area contributed by atoms with Crippen LogP contribution in [0.25, 0.3) is 0 Å². The molecule has 0 saturated carbocycles. The van der Waals surface area contributed by atoms with Crippen molar-refractivity contribution in [2.45, 2.75) is 19.4 Å². The van der Waals surface area contributed by atoms with Crippen LogP contribution < -0.4 is 11.1 Å². The van der Waals surface area contributed by atoms with Gasteiger partial charge in [-0.1, -0.05) is 6.92 Å². The summed E-state index contributed by atoms with van der Waals surface area (Å²) in [6.07, 6.45) is 0.626.